The molecule has 0 aliphatic carbocycles. The molecule has 1 aromatic rings. The molecule has 0 saturated heterocycles. The lowest BCUT2D eigenvalue weighted by molar-refractivity contribution is -0.144. The van der Waals surface area contributed by atoms with Crippen molar-refractivity contribution in [1.82, 2.24) is 9.88 Å². The molecule has 3 nitrogen and oxygen atoms in total. The van der Waals surface area contributed by atoms with Crippen LogP contribution in [0.1, 0.15) is 39.3 Å². The van der Waals surface area contributed by atoms with Crippen molar-refractivity contribution in [2.45, 2.75) is 52.4 Å². The average molecular weight is 304 g/mol. The summed E-state index contributed by atoms with van der Waals surface area (Å²) in [6, 6.07) is 3.45. The lowest BCUT2D eigenvalue weighted by atomic mass is 10.0. The zero-order valence-corrected chi connectivity index (χ0v) is 12.7. The normalized spacial score (nSPS) is 13.7. The third kappa shape index (κ3) is 5.91. The van der Waals surface area contributed by atoms with Crippen molar-refractivity contribution in [3.05, 3.63) is 34.2 Å². The summed E-state index contributed by atoms with van der Waals surface area (Å²) in [6.07, 6.45) is -2.48. The Morgan fingerprint density at radius 2 is 1.86 bits per heavy atom. The highest BCUT2D eigenvalue weighted by molar-refractivity contribution is 5.10. The summed E-state index contributed by atoms with van der Waals surface area (Å²) in [7, 11) is 0. The first kappa shape index (κ1) is 17.8. The maximum Gasteiger partial charge on any atom is 0.431 e. The largest absolute Gasteiger partial charge is 0.431 e. The standard InChI is InChI=1S/C15H23F3N2O/c1-11(2)7-8-12(3)19-9-10-20-13(15(16,17)18)5-4-6-14(20)21/h4-6,11-12,19H,7-10H2,1-3H3. The van der Waals surface area contributed by atoms with Gasteiger partial charge >= 0.3 is 6.18 Å². The maximum atomic E-state index is 12.8. The van der Waals surface area contributed by atoms with Crippen LogP contribution in [0.15, 0.2) is 23.0 Å². The third-order valence-corrected chi connectivity index (χ3v) is 3.35. The molecule has 1 rings (SSSR count). The summed E-state index contributed by atoms with van der Waals surface area (Å²) in [5.74, 6) is 0.600. The van der Waals surface area contributed by atoms with Gasteiger partial charge in [-0.25, -0.2) is 0 Å². The van der Waals surface area contributed by atoms with E-state index in [9.17, 15) is 18.0 Å². The molecule has 1 unspecified atom stereocenters. The Morgan fingerprint density at radius 1 is 1.19 bits per heavy atom. The number of alkyl halides is 3. The van der Waals surface area contributed by atoms with Gasteiger partial charge in [0, 0.05) is 25.2 Å². The lowest BCUT2D eigenvalue weighted by Crippen LogP contribution is -2.34. The highest BCUT2D eigenvalue weighted by Crippen LogP contribution is 2.27. The van der Waals surface area contributed by atoms with Crippen LogP contribution in [0.2, 0.25) is 0 Å². The molecule has 0 fully saturated rings. The maximum absolute atomic E-state index is 12.8. The Kier molecular flexibility index (Phi) is 6.45. The van der Waals surface area contributed by atoms with Gasteiger partial charge in [0.2, 0.25) is 0 Å². The van der Waals surface area contributed by atoms with E-state index in [4.69, 9.17) is 0 Å². The quantitative estimate of drug-likeness (QED) is 0.839. The van der Waals surface area contributed by atoms with Crippen LogP contribution in [0.5, 0.6) is 0 Å². The van der Waals surface area contributed by atoms with Crippen molar-refractivity contribution in [2.75, 3.05) is 6.54 Å². The van der Waals surface area contributed by atoms with Gasteiger partial charge in [-0.15, -0.1) is 0 Å². The van der Waals surface area contributed by atoms with Crippen molar-refractivity contribution in [3.8, 4) is 0 Å². The molecule has 0 aliphatic rings. The second-order valence-electron chi connectivity index (χ2n) is 5.73. The van der Waals surface area contributed by atoms with Gasteiger partial charge in [-0.3, -0.25) is 4.79 Å². The minimum Gasteiger partial charge on any atom is -0.312 e. The monoisotopic (exact) mass is 304 g/mol. The molecule has 0 aliphatic heterocycles. The van der Waals surface area contributed by atoms with Crippen molar-refractivity contribution >= 4 is 0 Å². The van der Waals surface area contributed by atoms with Crippen LogP contribution in [-0.4, -0.2) is 17.2 Å². The van der Waals surface area contributed by atoms with Gasteiger partial charge in [0.15, 0.2) is 0 Å². The van der Waals surface area contributed by atoms with E-state index in [0.717, 1.165) is 35.6 Å². The van der Waals surface area contributed by atoms with Crippen LogP contribution >= 0.6 is 0 Å². The van der Waals surface area contributed by atoms with Crippen molar-refractivity contribution in [3.63, 3.8) is 0 Å². The van der Waals surface area contributed by atoms with Crippen molar-refractivity contribution < 1.29 is 13.2 Å². The number of hydrogen-bond donors (Lipinski definition) is 1. The molecule has 0 aromatic carbocycles. The molecule has 1 aromatic heterocycles. The number of pyridine rings is 1. The summed E-state index contributed by atoms with van der Waals surface area (Å²) < 4.78 is 39.3. The van der Waals surface area contributed by atoms with Gasteiger partial charge in [0.05, 0.1) is 0 Å². The summed E-state index contributed by atoms with van der Waals surface area (Å²) in [5, 5.41) is 3.17. The number of hydrogen-bond acceptors (Lipinski definition) is 2. The first-order valence-corrected chi connectivity index (χ1v) is 7.22. The first-order valence-electron chi connectivity index (χ1n) is 7.22. The SMILES string of the molecule is CC(C)CCC(C)NCCn1c(C(F)(F)F)cccc1=O. The topological polar surface area (TPSA) is 34.0 Å². The second-order valence-corrected chi connectivity index (χ2v) is 5.73. The van der Waals surface area contributed by atoms with E-state index < -0.39 is 17.4 Å². The minimum absolute atomic E-state index is 0.0144. The first-order chi connectivity index (χ1) is 9.71. The van der Waals surface area contributed by atoms with E-state index in [1.807, 2.05) is 6.92 Å². The molecule has 1 heterocycles. The summed E-state index contributed by atoms with van der Waals surface area (Å²) >= 11 is 0. The summed E-state index contributed by atoms with van der Waals surface area (Å²) in [5.41, 5.74) is -1.52. The summed E-state index contributed by atoms with van der Waals surface area (Å²) in [4.78, 5) is 11.6. The molecule has 0 bridgehead atoms. The molecular weight excluding hydrogens is 281 g/mol. The Hall–Kier alpha value is -1.30. The van der Waals surface area contributed by atoms with E-state index in [0.29, 0.717) is 12.5 Å². The lowest BCUT2D eigenvalue weighted by Gasteiger charge is -2.18. The number of halogens is 3. The molecule has 1 N–H and O–H groups in total. The molecule has 6 heteroatoms. The number of rotatable bonds is 7. The summed E-state index contributed by atoms with van der Waals surface area (Å²) in [6.45, 7) is 6.62. The molecule has 0 amide bonds. The Morgan fingerprint density at radius 3 is 2.43 bits per heavy atom. The Balaban J connectivity index is 2.62. The fourth-order valence-corrected chi connectivity index (χ4v) is 2.11. The van der Waals surface area contributed by atoms with E-state index in [2.05, 4.69) is 19.2 Å². The fourth-order valence-electron chi connectivity index (χ4n) is 2.11. The van der Waals surface area contributed by atoms with E-state index >= 15 is 0 Å². The van der Waals surface area contributed by atoms with Gasteiger partial charge in [0.25, 0.3) is 5.56 Å². The highest BCUT2D eigenvalue weighted by atomic mass is 19.4. The van der Waals surface area contributed by atoms with Crippen LogP contribution in [0.3, 0.4) is 0 Å². The van der Waals surface area contributed by atoms with E-state index in [1.165, 1.54) is 0 Å². The van der Waals surface area contributed by atoms with Gasteiger partial charge < -0.3 is 9.88 Å². The van der Waals surface area contributed by atoms with Crippen molar-refractivity contribution in [2.24, 2.45) is 5.92 Å². The number of aromatic nitrogens is 1. The van der Waals surface area contributed by atoms with Crippen LogP contribution in [0.25, 0.3) is 0 Å². The predicted octanol–water partition coefficient (Wildman–Crippen LogP) is 3.28. The zero-order chi connectivity index (χ0) is 16.0. The molecule has 0 spiro atoms. The Labute approximate surface area is 123 Å². The molecule has 21 heavy (non-hydrogen) atoms. The van der Waals surface area contributed by atoms with Crippen LogP contribution in [0, 0.1) is 5.92 Å². The highest BCUT2D eigenvalue weighted by Gasteiger charge is 2.33. The predicted molar refractivity (Wildman–Crippen MR) is 77.2 cm³/mol. The molecule has 0 saturated carbocycles. The third-order valence-electron chi connectivity index (χ3n) is 3.35. The molecule has 0 radical (unpaired) electrons. The zero-order valence-electron chi connectivity index (χ0n) is 12.7. The number of nitrogens with zero attached hydrogens (tertiary/aromatic N) is 1. The fraction of sp³-hybridized carbons (Fsp3) is 0.667. The smallest absolute Gasteiger partial charge is 0.312 e. The number of nitrogens with one attached hydrogen (secondary N) is 1. The van der Waals surface area contributed by atoms with Crippen LogP contribution < -0.4 is 10.9 Å². The second kappa shape index (κ2) is 7.64. The van der Waals surface area contributed by atoms with Crippen molar-refractivity contribution in [1.29, 1.82) is 0 Å². The molecule has 1 atom stereocenters. The Bertz CT molecular complexity index is 494. The van der Waals surface area contributed by atoms with Crippen LogP contribution in [-0.2, 0) is 12.7 Å². The van der Waals surface area contributed by atoms with Gasteiger partial charge in [-0.05, 0) is 31.7 Å². The molecule has 120 valence electrons. The average Bonchev–Trinajstić information content (AvgIpc) is 2.37. The van der Waals surface area contributed by atoms with Gasteiger partial charge in [0.1, 0.15) is 5.69 Å². The van der Waals surface area contributed by atoms with Gasteiger partial charge in [-0.2, -0.15) is 13.2 Å². The van der Waals surface area contributed by atoms with Gasteiger partial charge in [-0.1, -0.05) is 19.9 Å². The van der Waals surface area contributed by atoms with E-state index in [1.54, 1.807) is 0 Å². The molecular formula is C15H23F3N2O. The minimum atomic E-state index is -4.51. The van der Waals surface area contributed by atoms with E-state index in [-0.39, 0.29) is 12.6 Å². The van der Waals surface area contributed by atoms with Crippen LogP contribution in [0.4, 0.5) is 13.2 Å².